The van der Waals surface area contributed by atoms with Gasteiger partial charge in [-0.3, -0.25) is 0 Å². The van der Waals surface area contributed by atoms with Crippen molar-refractivity contribution >= 4 is 0 Å². The molecule has 0 atom stereocenters. The van der Waals surface area contributed by atoms with Crippen molar-refractivity contribution in [3.8, 4) is 83.2 Å². The molecule has 0 saturated carbocycles. The first-order valence-corrected chi connectivity index (χ1v) is 19.8. The van der Waals surface area contributed by atoms with Crippen LogP contribution in [-0.2, 0) is 0 Å². The van der Waals surface area contributed by atoms with Gasteiger partial charge in [-0.1, -0.05) is 23.7 Å². The van der Waals surface area contributed by atoms with E-state index in [2.05, 4.69) is 72.3 Å². The Morgan fingerprint density at radius 3 is 1.27 bits per heavy atom. The molecule has 55 heavy (non-hydrogen) atoms. The Morgan fingerprint density at radius 1 is 0.491 bits per heavy atom. The summed E-state index contributed by atoms with van der Waals surface area (Å²) < 4.78 is 16.8. The average molecular weight is 741 g/mol. The number of hydrogen-bond donors (Lipinski definition) is 0. The summed E-state index contributed by atoms with van der Waals surface area (Å²) in [5, 5.41) is 0. The molecule has 6 nitrogen and oxygen atoms in total. The third-order valence-corrected chi connectivity index (χ3v) is 12.4. The van der Waals surface area contributed by atoms with Crippen LogP contribution in [0.4, 0.5) is 0 Å². The molecule has 0 amide bonds. The second-order valence-corrected chi connectivity index (χ2v) is 16.0. The van der Waals surface area contributed by atoms with E-state index in [1.165, 1.54) is 59.3 Å². The SMILES string of the molecule is C#CC#CC#CC#C[N+]12CC[N+](CCCOc3ccc(C#Cc4ccc(C#Cc5ccc(OCCC[N+]67CC[N+](C)(CC6)CC7)cc5)cc4)cc3)(CC1)CC2.[HH].[HH].[HH].[HH].[HH].[HH]. The van der Waals surface area contributed by atoms with Gasteiger partial charge in [-0.15, -0.1) is 6.42 Å². The summed E-state index contributed by atoms with van der Waals surface area (Å²) in [4.78, 5) is 0. The molecule has 3 aromatic rings. The van der Waals surface area contributed by atoms with E-state index in [-0.39, 0.29) is 8.56 Å². The second kappa shape index (κ2) is 17.3. The highest BCUT2D eigenvalue weighted by molar-refractivity contribution is 5.49. The van der Waals surface area contributed by atoms with Crippen molar-refractivity contribution in [3.05, 3.63) is 95.1 Å². The van der Waals surface area contributed by atoms with E-state index in [0.717, 1.165) is 103 Å². The number of likely N-dealkylation sites (N-methyl/N-ethyl adjacent to an activating group) is 1. The van der Waals surface area contributed by atoms with Gasteiger partial charge in [-0.25, -0.2) is 4.48 Å². The van der Waals surface area contributed by atoms with Crippen LogP contribution in [-0.4, -0.2) is 130 Å². The largest absolute Gasteiger partial charge is 0.493 e. The molecule has 6 aliphatic heterocycles. The molecular formula is C49H64N4O2+4. The Morgan fingerprint density at radius 2 is 0.855 bits per heavy atom. The van der Waals surface area contributed by atoms with Crippen LogP contribution in [0.25, 0.3) is 0 Å². The number of nitrogens with zero attached hydrogens (tertiary/aromatic N) is 4. The van der Waals surface area contributed by atoms with Gasteiger partial charge in [0.1, 0.15) is 90.0 Å². The molecule has 0 unspecified atom stereocenters. The zero-order valence-electron chi connectivity index (χ0n) is 32.3. The summed E-state index contributed by atoms with van der Waals surface area (Å²) in [6, 6.07) is 27.7. The normalized spacial score (nSPS) is 25.4. The molecule has 0 radical (unpaired) electrons. The predicted octanol–water partition coefficient (Wildman–Crippen LogP) is 6.05. The quantitative estimate of drug-likeness (QED) is 0.143. The fraction of sp³-hybridized carbons (Fsp3) is 0.388. The van der Waals surface area contributed by atoms with Crippen molar-refractivity contribution in [1.29, 1.82) is 0 Å². The molecule has 6 fully saturated rings. The molecule has 4 bridgehead atoms. The summed E-state index contributed by atoms with van der Waals surface area (Å²) in [6.45, 7) is 18.6. The third kappa shape index (κ3) is 10.2. The van der Waals surface area contributed by atoms with Gasteiger partial charge in [0.05, 0.1) is 39.3 Å². The second-order valence-electron chi connectivity index (χ2n) is 16.0. The van der Waals surface area contributed by atoms with E-state index in [1.54, 1.807) is 0 Å². The first-order chi connectivity index (χ1) is 26.9. The molecule has 0 N–H and O–H groups in total. The number of piperazine rings is 6. The molecule has 0 aliphatic carbocycles. The summed E-state index contributed by atoms with van der Waals surface area (Å²) in [5.74, 6) is 30.8. The van der Waals surface area contributed by atoms with Crippen LogP contribution in [0.2, 0.25) is 0 Å². The van der Waals surface area contributed by atoms with Crippen LogP contribution in [0.1, 0.15) is 43.7 Å². The van der Waals surface area contributed by atoms with Crippen LogP contribution in [0.5, 0.6) is 11.5 Å². The summed E-state index contributed by atoms with van der Waals surface area (Å²) in [7, 11) is 2.42. The van der Waals surface area contributed by atoms with Crippen LogP contribution >= 0.6 is 0 Å². The molecule has 288 valence electrons. The summed E-state index contributed by atoms with van der Waals surface area (Å²) in [5.41, 5.74) is 3.86. The van der Waals surface area contributed by atoms with Gasteiger partial charge < -0.3 is 22.9 Å². The lowest BCUT2D eigenvalue weighted by Gasteiger charge is -2.54. The van der Waals surface area contributed by atoms with E-state index < -0.39 is 0 Å². The molecule has 0 spiro atoms. The zero-order chi connectivity index (χ0) is 37.9. The van der Waals surface area contributed by atoms with Crippen LogP contribution in [0.3, 0.4) is 0 Å². The van der Waals surface area contributed by atoms with E-state index in [0.29, 0.717) is 6.61 Å². The van der Waals surface area contributed by atoms with Crippen LogP contribution < -0.4 is 9.47 Å². The van der Waals surface area contributed by atoms with Crippen molar-refractivity contribution in [2.75, 3.05) is 112 Å². The van der Waals surface area contributed by atoms with Crippen molar-refractivity contribution in [2.24, 2.45) is 0 Å². The van der Waals surface area contributed by atoms with Crippen molar-refractivity contribution < 1.29 is 36.0 Å². The standard InChI is InChI=1S/C49H52N4O2.6H2/c1-3-4-5-6-7-8-27-51-36-39-53(40-37-51,41-38-51)29-10-43-55-49-25-21-47(22-26-49)18-16-45-13-11-44(12-14-45)15-17-46-19-23-48(24-20-46)54-42-9-28-52-33-30-50(2,31-34-52)32-35-52;;;;;;/h1,11-14,19-26H,9-10,28-43H2,2H3;6*1H/q+4;;;;;;. The predicted molar refractivity (Wildman–Crippen MR) is 231 cm³/mol. The van der Waals surface area contributed by atoms with Gasteiger partial charge >= 0.3 is 0 Å². The third-order valence-electron chi connectivity index (χ3n) is 12.4. The highest BCUT2D eigenvalue weighted by Gasteiger charge is 2.49. The molecule has 0 aromatic heterocycles. The minimum atomic E-state index is 0. The smallest absolute Gasteiger partial charge is 0.152 e. The fourth-order valence-electron chi connectivity index (χ4n) is 8.40. The maximum atomic E-state index is 6.11. The van der Waals surface area contributed by atoms with E-state index >= 15 is 0 Å². The minimum absolute atomic E-state index is 0. The van der Waals surface area contributed by atoms with Crippen molar-refractivity contribution in [1.82, 2.24) is 0 Å². The molecule has 6 aliphatic rings. The van der Waals surface area contributed by atoms with E-state index in [4.69, 9.17) is 15.9 Å². The van der Waals surface area contributed by atoms with Crippen molar-refractivity contribution in [3.63, 3.8) is 0 Å². The summed E-state index contributed by atoms with van der Waals surface area (Å²) >= 11 is 0. The highest BCUT2D eigenvalue weighted by Crippen LogP contribution is 2.27. The highest BCUT2D eigenvalue weighted by atomic mass is 16.5. The number of hydrogen-bond acceptors (Lipinski definition) is 2. The first kappa shape index (κ1) is 37.8. The van der Waals surface area contributed by atoms with Gasteiger partial charge in [-0.05, 0) is 90.6 Å². The Kier molecular flexibility index (Phi) is 11.9. The lowest BCUT2D eigenvalue weighted by Crippen LogP contribution is -2.73. The minimum Gasteiger partial charge on any atom is -0.493 e. The number of quaternary nitrogens is 4. The van der Waals surface area contributed by atoms with Gasteiger partial charge in [-0.2, -0.15) is 0 Å². The number of ether oxygens (including phenoxy) is 2. The average Bonchev–Trinajstić information content (AvgIpc) is 3.23. The van der Waals surface area contributed by atoms with Gasteiger partial charge in [0.15, 0.2) is 6.04 Å². The molecular weight excluding hydrogens is 677 g/mol. The molecule has 9 rings (SSSR count). The molecule has 6 heteroatoms. The van der Waals surface area contributed by atoms with Gasteiger partial charge in [0.2, 0.25) is 0 Å². The number of rotatable bonds is 10. The molecule has 6 heterocycles. The maximum Gasteiger partial charge on any atom is 0.152 e. The van der Waals surface area contributed by atoms with Crippen molar-refractivity contribution in [2.45, 2.75) is 12.8 Å². The lowest BCUT2D eigenvalue weighted by molar-refractivity contribution is -1.07. The number of terminal acetylenes is 1. The topological polar surface area (TPSA) is 18.5 Å². The Hall–Kier alpha value is -5.54. The Balaban J connectivity index is 0.00000310. The maximum absolute atomic E-state index is 6.11. The zero-order valence-corrected chi connectivity index (χ0v) is 32.3. The number of fused-ring (bicyclic) bond motifs is 6. The first-order valence-electron chi connectivity index (χ1n) is 19.8. The van der Waals surface area contributed by atoms with Gasteiger partial charge in [0, 0.05) is 55.5 Å². The van der Waals surface area contributed by atoms with Gasteiger partial charge in [0.25, 0.3) is 0 Å². The Bertz CT molecular complexity index is 2170. The number of benzene rings is 3. The molecule has 6 saturated heterocycles. The fourth-order valence-corrected chi connectivity index (χ4v) is 8.40. The monoisotopic (exact) mass is 741 g/mol. The lowest BCUT2D eigenvalue weighted by atomic mass is 10.1. The Labute approximate surface area is 338 Å². The van der Waals surface area contributed by atoms with Crippen LogP contribution in [0, 0.1) is 71.7 Å². The van der Waals surface area contributed by atoms with E-state index in [9.17, 15) is 0 Å². The summed E-state index contributed by atoms with van der Waals surface area (Å²) in [6.07, 6.45) is 7.26. The molecule has 3 aromatic carbocycles. The van der Waals surface area contributed by atoms with Crippen LogP contribution in [0.15, 0.2) is 72.8 Å². The van der Waals surface area contributed by atoms with E-state index in [1.807, 2.05) is 72.8 Å².